The van der Waals surface area contributed by atoms with Crippen LogP contribution in [0, 0.1) is 5.92 Å². The lowest BCUT2D eigenvalue weighted by atomic mass is 9.98. The Morgan fingerprint density at radius 3 is 2.52 bits per heavy atom. The Hall–Kier alpha value is -1.70. The topological polar surface area (TPSA) is 69.7 Å². The van der Waals surface area contributed by atoms with Crippen molar-refractivity contribution >= 4 is 22.0 Å². The number of benzene rings is 1. The van der Waals surface area contributed by atoms with E-state index in [-0.39, 0.29) is 5.91 Å². The number of allylic oxidation sites excluding steroid dienone is 1. The Bertz CT molecular complexity index is 810. The highest BCUT2D eigenvalue weighted by Crippen LogP contribution is 2.29. The summed E-state index contributed by atoms with van der Waals surface area (Å²) in [6, 6.07) is 7.95. The third-order valence-corrected chi connectivity index (χ3v) is 7.12. The van der Waals surface area contributed by atoms with Gasteiger partial charge >= 0.3 is 0 Å². The fraction of sp³-hybridized carbons (Fsp3) is 0.550. The average Bonchev–Trinajstić information content (AvgIpc) is 2.66. The first-order valence-electron chi connectivity index (χ1n) is 9.64. The van der Waals surface area contributed by atoms with Gasteiger partial charge in [-0.15, -0.1) is 0 Å². The van der Waals surface area contributed by atoms with Gasteiger partial charge in [0.2, 0.25) is 15.9 Å². The highest BCUT2D eigenvalue weighted by molar-refractivity contribution is 7.93. The lowest BCUT2D eigenvalue weighted by Gasteiger charge is -2.34. The number of rotatable bonds is 6. The molecular formula is C20H29N3O3S. The second-order valence-electron chi connectivity index (χ2n) is 7.69. The van der Waals surface area contributed by atoms with Crippen molar-refractivity contribution in [3.8, 4) is 0 Å². The molecule has 1 heterocycles. The third kappa shape index (κ3) is 4.97. The van der Waals surface area contributed by atoms with Gasteiger partial charge in [-0.2, -0.15) is 4.31 Å². The molecule has 0 unspecified atom stereocenters. The van der Waals surface area contributed by atoms with Crippen molar-refractivity contribution < 1.29 is 13.2 Å². The number of carbonyl (C=O) groups excluding carboxylic acids is 1. The van der Waals surface area contributed by atoms with E-state index in [0.29, 0.717) is 56.5 Å². The summed E-state index contributed by atoms with van der Waals surface area (Å²) in [6.45, 7) is 7.14. The normalized spacial score (nSPS) is 18.9. The number of amides is 1. The minimum atomic E-state index is -3.43. The second kappa shape index (κ2) is 8.54. The standard InChI is InChI=1S/C20H29N3O3S/c1-16(2)14-21-20(24)15-22-9-11-23(12-10-22)27(25,26)19-8-7-17-5-3-4-6-18(17)13-19/h3-6,13,16H,7-12,14-15H2,1-2H3,(H,21,24). The number of nitrogens with zero attached hydrogens (tertiary/aromatic N) is 2. The molecule has 0 spiro atoms. The van der Waals surface area contributed by atoms with Crippen LogP contribution in [0.5, 0.6) is 0 Å². The van der Waals surface area contributed by atoms with Crippen molar-refractivity contribution in [2.24, 2.45) is 5.92 Å². The number of aryl methyl sites for hydroxylation is 1. The molecule has 2 aliphatic rings. The summed E-state index contributed by atoms with van der Waals surface area (Å²) in [5.41, 5.74) is 2.21. The first kappa shape index (κ1) is 20.0. The molecule has 1 aromatic carbocycles. The largest absolute Gasteiger partial charge is 0.355 e. The Morgan fingerprint density at radius 1 is 1.11 bits per heavy atom. The molecule has 0 atom stereocenters. The van der Waals surface area contributed by atoms with Crippen LogP contribution in [-0.2, 0) is 21.2 Å². The van der Waals surface area contributed by atoms with Crippen molar-refractivity contribution in [3.63, 3.8) is 0 Å². The molecule has 3 rings (SSSR count). The minimum absolute atomic E-state index is 0.00611. The van der Waals surface area contributed by atoms with Crippen LogP contribution in [0.1, 0.15) is 31.4 Å². The number of nitrogens with one attached hydrogen (secondary N) is 1. The molecule has 27 heavy (non-hydrogen) atoms. The Labute approximate surface area is 162 Å². The van der Waals surface area contributed by atoms with Crippen molar-refractivity contribution in [2.75, 3.05) is 39.3 Å². The van der Waals surface area contributed by atoms with Crippen LogP contribution in [-0.4, -0.2) is 62.8 Å². The van der Waals surface area contributed by atoms with Gasteiger partial charge in [-0.1, -0.05) is 38.1 Å². The van der Waals surface area contributed by atoms with E-state index in [1.807, 2.05) is 29.2 Å². The molecule has 0 radical (unpaired) electrons. The quantitative estimate of drug-likeness (QED) is 0.801. The zero-order chi connectivity index (χ0) is 19.4. The predicted molar refractivity (Wildman–Crippen MR) is 108 cm³/mol. The van der Waals surface area contributed by atoms with Gasteiger partial charge in [-0.25, -0.2) is 8.42 Å². The monoisotopic (exact) mass is 391 g/mol. The summed E-state index contributed by atoms with van der Waals surface area (Å²) in [4.78, 5) is 14.5. The summed E-state index contributed by atoms with van der Waals surface area (Å²) >= 11 is 0. The highest BCUT2D eigenvalue weighted by Gasteiger charge is 2.31. The van der Waals surface area contributed by atoms with E-state index in [0.717, 1.165) is 12.0 Å². The van der Waals surface area contributed by atoms with Crippen LogP contribution >= 0.6 is 0 Å². The van der Waals surface area contributed by atoms with E-state index in [1.54, 1.807) is 4.31 Å². The summed E-state index contributed by atoms with van der Waals surface area (Å²) in [6.07, 6.45) is 3.13. The minimum Gasteiger partial charge on any atom is -0.355 e. The third-order valence-electron chi connectivity index (χ3n) is 5.09. The van der Waals surface area contributed by atoms with Gasteiger partial charge in [-0.05, 0) is 36.0 Å². The molecule has 0 bridgehead atoms. The maximum Gasteiger partial charge on any atom is 0.239 e. The van der Waals surface area contributed by atoms with Gasteiger partial charge in [0.05, 0.1) is 11.4 Å². The SMILES string of the molecule is CC(C)CNC(=O)CN1CCN(S(=O)(=O)C2=Cc3ccccc3CC2)CC1. The van der Waals surface area contributed by atoms with E-state index < -0.39 is 10.0 Å². The second-order valence-corrected chi connectivity index (χ2v) is 9.68. The number of carbonyl (C=O) groups is 1. The summed E-state index contributed by atoms with van der Waals surface area (Å²) in [5.74, 6) is 0.427. The molecule has 7 heteroatoms. The number of fused-ring (bicyclic) bond motifs is 1. The van der Waals surface area contributed by atoms with Crippen LogP contribution in [0.4, 0.5) is 0 Å². The van der Waals surface area contributed by atoms with Gasteiger partial charge in [0.1, 0.15) is 0 Å². The van der Waals surface area contributed by atoms with Crippen LogP contribution in [0.3, 0.4) is 0 Å². The maximum absolute atomic E-state index is 13.0. The summed E-state index contributed by atoms with van der Waals surface area (Å²) in [5, 5.41) is 2.91. The van der Waals surface area contributed by atoms with Gasteiger partial charge in [-0.3, -0.25) is 9.69 Å². The smallest absolute Gasteiger partial charge is 0.239 e. The predicted octanol–water partition coefficient (Wildman–Crippen LogP) is 1.69. The highest BCUT2D eigenvalue weighted by atomic mass is 32.2. The number of hydrogen-bond donors (Lipinski definition) is 1. The molecule has 1 fully saturated rings. The molecular weight excluding hydrogens is 362 g/mol. The Kier molecular flexibility index (Phi) is 6.34. The first-order valence-corrected chi connectivity index (χ1v) is 11.1. The Balaban J connectivity index is 1.58. The summed E-state index contributed by atoms with van der Waals surface area (Å²) in [7, 11) is -3.43. The summed E-state index contributed by atoms with van der Waals surface area (Å²) < 4.78 is 27.6. The van der Waals surface area contributed by atoms with Gasteiger partial charge in [0.25, 0.3) is 0 Å². The van der Waals surface area contributed by atoms with E-state index in [9.17, 15) is 13.2 Å². The van der Waals surface area contributed by atoms with Crippen LogP contribution in [0.15, 0.2) is 29.2 Å². The van der Waals surface area contributed by atoms with Gasteiger partial charge in [0, 0.05) is 32.7 Å². The van der Waals surface area contributed by atoms with Crippen LogP contribution < -0.4 is 5.32 Å². The molecule has 0 aromatic heterocycles. The molecule has 1 aromatic rings. The number of hydrogen-bond acceptors (Lipinski definition) is 4. The molecule has 1 aliphatic carbocycles. The molecule has 0 saturated carbocycles. The van der Waals surface area contributed by atoms with Gasteiger partial charge in [0.15, 0.2) is 0 Å². The van der Waals surface area contributed by atoms with Gasteiger partial charge < -0.3 is 5.32 Å². The molecule has 148 valence electrons. The zero-order valence-electron chi connectivity index (χ0n) is 16.1. The van der Waals surface area contributed by atoms with E-state index in [4.69, 9.17) is 0 Å². The molecule has 6 nitrogen and oxygen atoms in total. The molecule has 1 amide bonds. The molecule has 1 aliphatic heterocycles. The zero-order valence-corrected chi connectivity index (χ0v) is 17.0. The Morgan fingerprint density at radius 2 is 1.81 bits per heavy atom. The van der Waals surface area contributed by atoms with E-state index in [2.05, 4.69) is 25.2 Å². The lowest BCUT2D eigenvalue weighted by Crippen LogP contribution is -2.51. The van der Waals surface area contributed by atoms with Crippen molar-refractivity contribution in [3.05, 3.63) is 40.3 Å². The van der Waals surface area contributed by atoms with Crippen molar-refractivity contribution in [1.82, 2.24) is 14.5 Å². The number of piperazine rings is 1. The first-order chi connectivity index (χ1) is 12.9. The van der Waals surface area contributed by atoms with Crippen molar-refractivity contribution in [2.45, 2.75) is 26.7 Å². The number of sulfonamides is 1. The average molecular weight is 392 g/mol. The lowest BCUT2D eigenvalue weighted by molar-refractivity contribution is -0.122. The van der Waals surface area contributed by atoms with Crippen LogP contribution in [0.25, 0.3) is 6.08 Å². The fourth-order valence-electron chi connectivity index (χ4n) is 3.48. The van der Waals surface area contributed by atoms with Crippen molar-refractivity contribution in [1.29, 1.82) is 0 Å². The fourth-order valence-corrected chi connectivity index (χ4v) is 5.09. The molecule has 1 N–H and O–H groups in total. The van der Waals surface area contributed by atoms with E-state index in [1.165, 1.54) is 5.56 Å². The molecule has 1 saturated heterocycles. The van der Waals surface area contributed by atoms with Crippen LogP contribution in [0.2, 0.25) is 0 Å². The maximum atomic E-state index is 13.0. The van der Waals surface area contributed by atoms with E-state index >= 15 is 0 Å².